The van der Waals surface area contributed by atoms with Crippen molar-refractivity contribution < 1.29 is 9.59 Å². The molecule has 3 aliphatic rings. The van der Waals surface area contributed by atoms with Gasteiger partial charge in [0.05, 0.1) is 5.41 Å². The zero-order valence-electron chi connectivity index (χ0n) is 16.4. The van der Waals surface area contributed by atoms with Gasteiger partial charge in [-0.15, -0.1) is 6.42 Å². The quantitative estimate of drug-likeness (QED) is 0.809. The van der Waals surface area contributed by atoms with Crippen molar-refractivity contribution in [2.75, 3.05) is 5.32 Å². The van der Waals surface area contributed by atoms with Crippen molar-refractivity contribution in [3.8, 4) is 12.3 Å². The third-order valence-corrected chi connectivity index (χ3v) is 6.65. The average Bonchev–Trinajstić information content (AvgIpc) is 3.12. The summed E-state index contributed by atoms with van der Waals surface area (Å²) in [5.41, 5.74) is 1.09. The number of nitrogens with one attached hydrogen (secondary N) is 2. The summed E-state index contributed by atoms with van der Waals surface area (Å²) in [6.45, 7) is 8.20. The topological polar surface area (TPSA) is 61.4 Å². The molecule has 27 heavy (non-hydrogen) atoms. The van der Waals surface area contributed by atoms with Crippen molar-refractivity contribution in [3.05, 3.63) is 29.8 Å². The van der Waals surface area contributed by atoms with Gasteiger partial charge >= 0.3 is 0 Å². The Balaban J connectivity index is 1.84. The second-order valence-electron chi connectivity index (χ2n) is 8.99. The van der Waals surface area contributed by atoms with Crippen LogP contribution >= 0.6 is 0 Å². The number of nitrogens with zero attached hydrogens (tertiary/aromatic N) is 1. The highest BCUT2D eigenvalue weighted by Gasteiger charge is 2.67. The van der Waals surface area contributed by atoms with Crippen LogP contribution in [-0.4, -0.2) is 35.0 Å². The zero-order valence-corrected chi connectivity index (χ0v) is 16.4. The van der Waals surface area contributed by atoms with Gasteiger partial charge < -0.3 is 15.5 Å². The predicted octanol–water partition coefficient (Wildman–Crippen LogP) is 2.48. The monoisotopic (exact) mass is 365 g/mol. The van der Waals surface area contributed by atoms with Crippen molar-refractivity contribution >= 4 is 17.5 Å². The highest BCUT2D eigenvalue weighted by atomic mass is 16.2. The van der Waals surface area contributed by atoms with Gasteiger partial charge in [-0.05, 0) is 44.2 Å². The molecule has 0 aromatic heterocycles. The van der Waals surface area contributed by atoms with Crippen molar-refractivity contribution in [2.24, 2.45) is 11.3 Å². The Kier molecular flexibility index (Phi) is 3.82. The number of para-hydroxylation sites is 1. The minimum Gasteiger partial charge on any atom is -0.364 e. The van der Waals surface area contributed by atoms with Crippen LogP contribution in [0.15, 0.2) is 24.3 Å². The number of carbonyl (C=O) groups is 2. The molecule has 3 heterocycles. The SMILES string of the molecule is C#CC(C)(C)[C@]12C[C@H]3C(=O)N[C@@H](CC(C)C)C(=O)N3[C@H]1Nc1ccccc12. The van der Waals surface area contributed by atoms with Crippen LogP contribution in [0.3, 0.4) is 0 Å². The van der Waals surface area contributed by atoms with E-state index in [0.717, 1.165) is 11.3 Å². The predicted molar refractivity (Wildman–Crippen MR) is 105 cm³/mol. The van der Waals surface area contributed by atoms with E-state index in [1.807, 2.05) is 32.0 Å². The number of piperazine rings is 1. The first kappa shape index (κ1) is 17.9. The lowest BCUT2D eigenvalue weighted by Crippen LogP contribution is -2.64. The molecule has 5 nitrogen and oxygen atoms in total. The summed E-state index contributed by atoms with van der Waals surface area (Å²) >= 11 is 0. The number of terminal acetylenes is 1. The molecular formula is C22H27N3O2. The van der Waals surface area contributed by atoms with Crippen molar-refractivity contribution in [1.29, 1.82) is 0 Å². The molecule has 3 aliphatic heterocycles. The van der Waals surface area contributed by atoms with Gasteiger partial charge in [-0.3, -0.25) is 9.59 Å². The summed E-state index contributed by atoms with van der Waals surface area (Å²) in [6.07, 6.45) is 6.83. The number of carbonyl (C=O) groups excluding carboxylic acids is 2. The maximum Gasteiger partial charge on any atom is 0.247 e. The molecule has 142 valence electrons. The van der Waals surface area contributed by atoms with E-state index in [0.29, 0.717) is 18.8 Å². The molecule has 0 unspecified atom stereocenters. The zero-order chi connectivity index (χ0) is 19.6. The first-order valence-electron chi connectivity index (χ1n) is 9.69. The van der Waals surface area contributed by atoms with Crippen LogP contribution in [0.2, 0.25) is 0 Å². The molecule has 0 bridgehead atoms. The van der Waals surface area contributed by atoms with E-state index >= 15 is 0 Å². The van der Waals surface area contributed by atoms with Crippen molar-refractivity contribution in [3.63, 3.8) is 0 Å². The lowest BCUT2D eigenvalue weighted by Gasteiger charge is -2.43. The van der Waals surface area contributed by atoms with Crippen LogP contribution in [-0.2, 0) is 15.0 Å². The van der Waals surface area contributed by atoms with Crippen LogP contribution in [0.1, 0.15) is 46.1 Å². The van der Waals surface area contributed by atoms with Gasteiger partial charge in [0, 0.05) is 11.1 Å². The summed E-state index contributed by atoms with van der Waals surface area (Å²) < 4.78 is 0. The van der Waals surface area contributed by atoms with E-state index in [-0.39, 0.29) is 18.0 Å². The number of benzene rings is 1. The van der Waals surface area contributed by atoms with Gasteiger partial charge in [0.1, 0.15) is 18.2 Å². The Morgan fingerprint density at radius 2 is 2.00 bits per heavy atom. The Bertz CT molecular complexity index is 853. The largest absolute Gasteiger partial charge is 0.364 e. The molecule has 5 heteroatoms. The standard InChI is InChI=1S/C22H27N3O2/c1-6-21(4,5)22-12-17-18(26)23-16(11-13(2)3)19(27)25(17)20(22)24-15-10-8-7-9-14(15)22/h1,7-10,13,16-17,20,24H,11-12H2,2-5H3,(H,23,26)/t16-,17-,20+,22-/m0/s1. The van der Waals surface area contributed by atoms with E-state index < -0.39 is 22.9 Å². The second kappa shape index (κ2) is 5.76. The number of hydrogen-bond donors (Lipinski definition) is 2. The van der Waals surface area contributed by atoms with E-state index in [1.54, 1.807) is 4.90 Å². The number of fused-ring (bicyclic) bond motifs is 5. The number of rotatable bonds is 3. The Morgan fingerprint density at radius 3 is 2.67 bits per heavy atom. The lowest BCUT2D eigenvalue weighted by atomic mass is 9.60. The summed E-state index contributed by atoms with van der Waals surface area (Å²) in [6, 6.07) is 7.12. The molecule has 4 atom stereocenters. The number of anilines is 1. The minimum absolute atomic E-state index is 0.00620. The van der Waals surface area contributed by atoms with E-state index in [9.17, 15) is 9.59 Å². The molecule has 0 saturated carbocycles. The van der Waals surface area contributed by atoms with Gasteiger partial charge in [-0.2, -0.15) is 0 Å². The maximum absolute atomic E-state index is 13.4. The van der Waals surface area contributed by atoms with Crippen LogP contribution < -0.4 is 10.6 Å². The Hall–Kier alpha value is -2.48. The summed E-state index contributed by atoms with van der Waals surface area (Å²) in [4.78, 5) is 28.1. The average molecular weight is 365 g/mol. The molecule has 1 aromatic carbocycles. The van der Waals surface area contributed by atoms with Crippen molar-refractivity contribution in [1.82, 2.24) is 10.2 Å². The smallest absolute Gasteiger partial charge is 0.247 e. The fraction of sp³-hybridized carbons (Fsp3) is 0.545. The highest BCUT2D eigenvalue weighted by Crippen LogP contribution is 2.59. The van der Waals surface area contributed by atoms with Crippen LogP contribution in [0.5, 0.6) is 0 Å². The molecule has 0 spiro atoms. The van der Waals surface area contributed by atoms with Gasteiger partial charge in [-0.1, -0.05) is 38.0 Å². The number of amides is 2. The maximum atomic E-state index is 13.4. The van der Waals surface area contributed by atoms with Gasteiger partial charge in [0.2, 0.25) is 11.8 Å². The van der Waals surface area contributed by atoms with E-state index in [4.69, 9.17) is 6.42 Å². The third-order valence-electron chi connectivity index (χ3n) is 6.65. The first-order valence-corrected chi connectivity index (χ1v) is 9.69. The fourth-order valence-corrected chi connectivity index (χ4v) is 5.23. The molecule has 0 aliphatic carbocycles. The molecule has 1 aromatic rings. The Labute approximate surface area is 160 Å². The fourth-order valence-electron chi connectivity index (χ4n) is 5.23. The second-order valence-corrected chi connectivity index (χ2v) is 8.99. The summed E-state index contributed by atoms with van der Waals surface area (Å²) in [5.74, 6) is 3.20. The number of hydrogen-bond acceptors (Lipinski definition) is 3. The molecular weight excluding hydrogens is 338 g/mol. The summed E-state index contributed by atoms with van der Waals surface area (Å²) in [7, 11) is 0. The van der Waals surface area contributed by atoms with Gasteiger partial charge in [0.25, 0.3) is 0 Å². The van der Waals surface area contributed by atoms with Crippen molar-refractivity contribution in [2.45, 2.75) is 64.2 Å². The minimum atomic E-state index is -0.525. The lowest BCUT2D eigenvalue weighted by molar-refractivity contribution is -0.149. The molecule has 4 rings (SSSR count). The third kappa shape index (κ3) is 2.25. The first-order chi connectivity index (χ1) is 12.7. The molecule has 2 N–H and O–H groups in total. The molecule has 0 radical (unpaired) electrons. The van der Waals surface area contributed by atoms with Crippen LogP contribution in [0, 0.1) is 23.7 Å². The molecule has 2 amide bonds. The molecule has 2 saturated heterocycles. The molecule has 2 fully saturated rings. The van der Waals surface area contributed by atoms with Gasteiger partial charge in [0.15, 0.2) is 0 Å². The summed E-state index contributed by atoms with van der Waals surface area (Å²) in [5, 5.41) is 6.49. The van der Waals surface area contributed by atoms with Crippen LogP contribution in [0.25, 0.3) is 0 Å². The van der Waals surface area contributed by atoms with Crippen LogP contribution in [0.4, 0.5) is 5.69 Å². The highest BCUT2D eigenvalue weighted by molar-refractivity contribution is 5.99. The van der Waals surface area contributed by atoms with E-state index in [1.165, 1.54) is 0 Å². The normalized spacial score (nSPS) is 31.7. The van der Waals surface area contributed by atoms with Gasteiger partial charge in [-0.25, -0.2) is 0 Å². The van der Waals surface area contributed by atoms with E-state index in [2.05, 4.69) is 36.5 Å². The Morgan fingerprint density at radius 1 is 1.30 bits per heavy atom.